The lowest BCUT2D eigenvalue weighted by Crippen LogP contribution is -2.23. The molecule has 0 saturated carbocycles. The lowest BCUT2D eigenvalue weighted by atomic mass is 10.1. The van der Waals surface area contributed by atoms with Crippen molar-refractivity contribution in [1.82, 2.24) is 15.1 Å². The van der Waals surface area contributed by atoms with Gasteiger partial charge >= 0.3 is 0 Å². The Hall–Kier alpha value is -2.77. The van der Waals surface area contributed by atoms with Crippen LogP contribution in [-0.2, 0) is 22.6 Å². The Bertz CT molecular complexity index is 700. The maximum Gasteiger partial charge on any atom is 0.241 e. The Morgan fingerprint density at radius 1 is 1.27 bits per heavy atom. The molecule has 0 saturated heterocycles. The van der Waals surface area contributed by atoms with E-state index in [0.29, 0.717) is 5.69 Å². The van der Waals surface area contributed by atoms with Gasteiger partial charge in [0, 0.05) is 18.8 Å². The van der Waals surface area contributed by atoms with Gasteiger partial charge in [-0.3, -0.25) is 14.3 Å². The molecule has 1 aromatic heterocycles. The highest BCUT2D eigenvalue weighted by atomic mass is 19.2. The van der Waals surface area contributed by atoms with Crippen LogP contribution in [-0.4, -0.2) is 28.6 Å². The molecule has 0 radical (unpaired) electrons. The summed E-state index contributed by atoms with van der Waals surface area (Å²) in [6.45, 7) is 0.0187. The van der Waals surface area contributed by atoms with Gasteiger partial charge in [-0.05, 0) is 6.07 Å². The van der Waals surface area contributed by atoms with E-state index in [1.807, 2.05) is 0 Å². The fourth-order valence-corrected chi connectivity index (χ4v) is 1.80. The minimum atomic E-state index is -1.03. The van der Waals surface area contributed by atoms with Crippen molar-refractivity contribution in [1.29, 1.82) is 0 Å². The number of carbonyl (C=O) groups is 2. The maximum atomic E-state index is 13.5. The van der Waals surface area contributed by atoms with Crippen molar-refractivity contribution in [2.75, 3.05) is 12.4 Å². The molecule has 0 fully saturated rings. The van der Waals surface area contributed by atoms with Crippen LogP contribution in [0.25, 0.3) is 0 Å². The van der Waals surface area contributed by atoms with E-state index in [0.717, 1.165) is 6.07 Å². The molecule has 0 unspecified atom stereocenters. The van der Waals surface area contributed by atoms with Gasteiger partial charge < -0.3 is 10.6 Å². The number of rotatable bonds is 5. The predicted octanol–water partition coefficient (Wildman–Crippen LogP) is 1.09. The van der Waals surface area contributed by atoms with Gasteiger partial charge in [-0.2, -0.15) is 5.10 Å². The standard InChI is InChI=1S/C14H14F2N4O2/c1-17-13(22)8-20-7-10(6-18-20)19-12(21)5-9-3-2-4-11(15)14(9)16/h2-4,6-7H,5,8H2,1H3,(H,17,22)(H,19,21). The molecule has 0 aliphatic rings. The predicted molar refractivity (Wildman–Crippen MR) is 75.0 cm³/mol. The number of carbonyl (C=O) groups excluding carboxylic acids is 2. The molecule has 8 heteroatoms. The van der Waals surface area contributed by atoms with Gasteiger partial charge in [0.1, 0.15) is 6.54 Å². The first-order valence-corrected chi connectivity index (χ1v) is 6.45. The van der Waals surface area contributed by atoms with Gasteiger partial charge in [-0.25, -0.2) is 8.78 Å². The number of hydrogen-bond donors (Lipinski definition) is 2. The number of aromatic nitrogens is 2. The van der Waals surface area contributed by atoms with E-state index in [1.165, 1.54) is 36.3 Å². The molecule has 2 N–H and O–H groups in total. The average molecular weight is 308 g/mol. The van der Waals surface area contributed by atoms with Crippen LogP contribution in [0.4, 0.5) is 14.5 Å². The molecule has 1 heterocycles. The molecule has 0 atom stereocenters. The number of nitrogens with zero attached hydrogens (tertiary/aromatic N) is 2. The van der Waals surface area contributed by atoms with E-state index < -0.39 is 17.5 Å². The molecule has 0 aliphatic heterocycles. The summed E-state index contributed by atoms with van der Waals surface area (Å²) < 4.78 is 27.9. The normalized spacial score (nSPS) is 10.3. The lowest BCUT2D eigenvalue weighted by Gasteiger charge is -2.04. The van der Waals surface area contributed by atoms with Crippen molar-refractivity contribution in [2.24, 2.45) is 0 Å². The van der Waals surface area contributed by atoms with E-state index >= 15 is 0 Å². The fraction of sp³-hybridized carbons (Fsp3) is 0.214. The molecule has 0 bridgehead atoms. The molecule has 22 heavy (non-hydrogen) atoms. The second kappa shape index (κ2) is 6.79. The summed E-state index contributed by atoms with van der Waals surface area (Å²) >= 11 is 0. The topological polar surface area (TPSA) is 76.0 Å². The van der Waals surface area contributed by atoms with E-state index in [-0.39, 0.29) is 24.4 Å². The number of anilines is 1. The lowest BCUT2D eigenvalue weighted by molar-refractivity contribution is -0.121. The molecular weight excluding hydrogens is 294 g/mol. The molecule has 0 aliphatic carbocycles. The summed E-state index contributed by atoms with van der Waals surface area (Å²) in [5.74, 6) is -2.77. The smallest absolute Gasteiger partial charge is 0.241 e. The van der Waals surface area contributed by atoms with Gasteiger partial charge in [-0.1, -0.05) is 12.1 Å². The zero-order valence-corrected chi connectivity index (χ0v) is 11.8. The third-order valence-electron chi connectivity index (χ3n) is 2.88. The Kier molecular flexibility index (Phi) is 4.82. The molecule has 2 aromatic rings. The highest BCUT2D eigenvalue weighted by Gasteiger charge is 2.12. The molecule has 2 amide bonds. The largest absolute Gasteiger partial charge is 0.358 e. The van der Waals surface area contributed by atoms with E-state index in [4.69, 9.17) is 0 Å². The minimum absolute atomic E-state index is 0.0187. The van der Waals surface area contributed by atoms with Crippen LogP contribution in [0, 0.1) is 11.6 Å². The summed E-state index contributed by atoms with van der Waals surface area (Å²) in [6.07, 6.45) is 2.53. The van der Waals surface area contributed by atoms with Crippen LogP contribution >= 0.6 is 0 Å². The van der Waals surface area contributed by atoms with Crippen molar-refractivity contribution in [2.45, 2.75) is 13.0 Å². The van der Waals surface area contributed by atoms with Crippen molar-refractivity contribution in [3.63, 3.8) is 0 Å². The van der Waals surface area contributed by atoms with Crippen molar-refractivity contribution in [3.05, 3.63) is 47.8 Å². The number of amides is 2. The number of nitrogens with one attached hydrogen (secondary N) is 2. The molecule has 6 nitrogen and oxygen atoms in total. The highest BCUT2D eigenvalue weighted by molar-refractivity contribution is 5.92. The van der Waals surface area contributed by atoms with Gasteiger partial charge in [-0.15, -0.1) is 0 Å². The van der Waals surface area contributed by atoms with Crippen LogP contribution in [0.3, 0.4) is 0 Å². The highest BCUT2D eigenvalue weighted by Crippen LogP contribution is 2.13. The molecular formula is C14H14F2N4O2. The summed E-state index contributed by atoms with van der Waals surface area (Å²) in [5.41, 5.74) is 0.334. The van der Waals surface area contributed by atoms with Crippen LogP contribution in [0.1, 0.15) is 5.56 Å². The second-order valence-electron chi connectivity index (χ2n) is 4.54. The quantitative estimate of drug-likeness (QED) is 0.868. The van der Waals surface area contributed by atoms with Crippen molar-refractivity contribution < 1.29 is 18.4 Å². The number of benzene rings is 1. The Morgan fingerprint density at radius 2 is 2.05 bits per heavy atom. The second-order valence-corrected chi connectivity index (χ2v) is 4.54. The zero-order chi connectivity index (χ0) is 16.1. The number of halogens is 2. The Balaban J connectivity index is 1.97. The van der Waals surface area contributed by atoms with E-state index in [1.54, 1.807) is 0 Å². The van der Waals surface area contributed by atoms with Crippen molar-refractivity contribution in [3.8, 4) is 0 Å². The SMILES string of the molecule is CNC(=O)Cn1cc(NC(=O)Cc2cccc(F)c2F)cn1. The van der Waals surface area contributed by atoms with E-state index in [9.17, 15) is 18.4 Å². The third kappa shape index (κ3) is 3.87. The summed E-state index contributed by atoms with van der Waals surface area (Å²) in [7, 11) is 1.50. The minimum Gasteiger partial charge on any atom is -0.358 e. The summed E-state index contributed by atoms with van der Waals surface area (Å²) in [5, 5.41) is 8.85. The first kappa shape index (κ1) is 15.6. The van der Waals surface area contributed by atoms with Gasteiger partial charge in [0.15, 0.2) is 11.6 Å². The molecule has 116 valence electrons. The van der Waals surface area contributed by atoms with Gasteiger partial charge in [0.25, 0.3) is 0 Å². The maximum absolute atomic E-state index is 13.5. The van der Waals surface area contributed by atoms with Crippen LogP contribution < -0.4 is 10.6 Å². The Labute approximate surface area is 125 Å². The number of hydrogen-bond acceptors (Lipinski definition) is 3. The molecule has 1 aromatic carbocycles. The van der Waals surface area contributed by atoms with Crippen LogP contribution in [0.2, 0.25) is 0 Å². The zero-order valence-electron chi connectivity index (χ0n) is 11.8. The summed E-state index contributed by atoms with van der Waals surface area (Å²) in [6, 6.07) is 3.66. The van der Waals surface area contributed by atoms with Gasteiger partial charge in [0.05, 0.1) is 18.3 Å². The molecule has 2 rings (SSSR count). The van der Waals surface area contributed by atoms with Gasteiger partial charge in [0.2, 0.25) is 11.8 Å². The van der Waals surface area contributed by atoms with Crippen LogP contribution in [0.5, 0.6) is 0 Å². The first-order chi connectivity index (χ1) is 10.5. The van der Waals surface area contributed by atoms with Crippen LogP contribution in [0.15, 0.2) is 30.6 Å². The van der Waals surface area contributed by atoms with E-state index in [2.05, 4.69) is 15.7 Å². The number of likely N-dealkylation sites (N-methyl/N-ethyl adjacent to an activating group) is 1. The van der Waals surface area contributed by atoms with Crippen molar-refractivity contribution >= 4 is 17.5 Å². The third-order valence-corrected chi connectivity index (χ3v) is 2.88. The molecule has 0 spiro atoms. The average Bonchev–Trinajstić information content (AvgIpc) is 2.90. The summed E-state index contributed by atoms with van der Waals surface area (Å²) in [4.78, 5) is 23.0. The fourth-order valence-electron chi connectivity index (χ4n) is 1.80. The first-order valence-electron chi connectivity index (χ1n) is 6.45. The monoisotopic (exact) mass is 308 g/mol. The Morgan fingerprint density at radius 3 is 2.77 bits per heavy atom.